The number of anilines is 2. The maximum Gasteiger partial charge on any atom is 0.313 e. The molecule has 0 fully saturated rings. The second-order valence-corrected chi connectivity index (χ2v) is 5.28. The van der Waals surface area contributed by atoms with E-state index in [9.17, 15) is 18.8 Å². The van der Waals surface area contributed by atoms with Gasteiger partial charge in [0, 0.05) is 18.3 Å². The van der Waals surface area contributed by atoms with E-state index in [2.05, 4.69) is 20.9 Å². The second kappa shape index (κ2) is 8.00. The highest BCUT2D eigenvalue weighted by atomic mass is 19.1. The SMILES string of the molecule is CC(=O)Nc1ccc(F)c(NC(=O)C(=O)NCc2cccc(C)n2)c1. The van der Waals surface area contributed by atoms with E-state index in [1.165, 1.54) is 19.1 Å². The molecule has 0 saturated heterocycles. The van der Waals surface area contributed by atoms with E-state index in [0.717, 1.165) is 11.8 Å². The van der Waals surface area contributed by atoms with Gasteiger partial charge in [-0.15, -0.1) is 0 Å². The Morgan fingerprint density at radius 2 is 1.84 bits per heavy atom. The highest BCUT2D eigenvalue weighted by molar-refractivity contribution is 6.39. The van der Waals surface area contributed by atoms with Crippen molar-refractivity contribution in [1.29, 1.82) is 0 Å². The molecule has 7 nitrogen and oxygen atoms in total. The summed E-state index contributed by atoms with van der Waals surface area (Å²) in [6.45, 7) is 3.18. The van der Waals surface area contributed by atoms with Crippen LogP contribution in [0.2, 0.25) is 0 Å². The molecule has 1 aromatic heterocycles. The number of nitrogens with zero attached hydrogens (tertiary/aromatic N) is 1. The van der Waals surface area contributed by atoms with Gasteiger partial charge in [-0.05, 0) is 37.3 Å². The molecule has 0 aliphatic carbocycles. The molecule has 0 radical (unpaired) electrons. The van der Waals surface area contributed by atoms with E-state index in [4.69, 9.17) is 0 Å². The third-order valence-corrected chi connectivity index (χ3v) is 3.12. The lowest BCUT2D eigenvalue weighted by molar-refractivity contribution is -0.136. The fourth-order valence-corrected chi connectivity index (χ4v) is 2.03. The number of rotatable bonds is 4. The molecular formula is C17H17FN4O3. The molecule has 1 heterocycles. The summed E-state index contributed by atoms with van der Waals surface area (Å²) in [7, 11) is 0. The van der Waals surface area contributed by atoms with Crippen molar-refractivity contribution >= 4 is 29.1 Å². The Labute approximate surface area is 143 Å². The number of carbonyl (C=O) groups is 3. The van der Waals surface area contributed by atoms with Gasteiger partial charge in [-0.3, -0.25) is 19.4 Å². The summed E-state index contributed by atoms with van der Waals surface area (Å²) in [5.74, 6) is -3.01. The number of aryl methyl sites for hydroxylation is 1. The number of pyridine rings is 1. The van der Waals surface area contributed by atoms with Gasteiger partial charge in [0.05, 0.1) is 17.9 Å². The van der Waals surface area contributed by atoms with Gasteiger partial charge in [0.1, 0.15) is 5.82 Å². The van der Waals surface area contributed by atoms with E-state index < -0.39 is 17.6 Å². The van der Waals surface area contributed by atoms with Gasteiger partial charge in [-0.1, -0.05) is 6.07 Å². The summed E-state index contributed by atoms with van der Waals surface area (Å²) in [4.78, 5) is 38.9. The predicted molar refractivity (Wildman–Crippen MR) is 90.2 cm³/mol. The molecule has 2 rings (SSSR count). The Morgan fingerprint density at radius 1 is 1.08 bits per heavy atom. The number of hydrogen-bond acceptors (Lipinski definition) is 4. The average molecular weight is 344 g/mol. The zero-order chi connectivity index (χ0) is 18.4. The number of carbonyl (C=O) groups excluding carboxylic acids is 3. The van der Waals surface area contributed by atoms with Crippen LogP contribution in [0.5, 0.6) is 0 Å². The number of benzene rings is 1. The second-order valence-electron chi connectivity index (χ2n) is 5.28. The van der Waals surface area contributed by atoms with Crippen LogP contribution in [0.25, 0.3) is 0 Å². The van der Waals surface area contributed by atoms with Crippen LogP contribution in [0, 0.1) is 12.7 Å². The molecule has 0 aliphatic heterocycles. The summed E-state index contributed by atoms with van der Waals surface area (Å²) in [5.41, 5.74) is 1.47. The number of amides is 3. The zero-order valence-corrected chi connectivity index (χ0v) is 13.7. The van der Waals surface area contributed by atoms with Gasteiger partial charge in [0.2, 0.25) is 5.91 Å². The summed E-state index contributed by atoms with van der Waals surface area (Å²) < 4.78 is 13.8. The molecule has 0 aliphatic rings. The van der Waals surface area contributed by atoms with E-state index >= 15 is 0 Å². The lowest BCUT2D eigenvalue weighted by Gasteiger charge is -2.09. The lowest BCUT2D eigenvalue weighted by atomic mass is 10.2. The maximum absolute atomic E-state index is 13.8. The number of halogens is 1. The molecule has 3 N–H and O–H groups in total. The molecule has 0 bridgehead atoms. The van der Waals surface area contributed by atoms with Crippen LogP contribution in [0.15, 0.2) is 36.4 Å². The van der Waals surface area contributed by atoms with Crippen molar-refractivity contribution in [2.75, 3.05) is 10.6 Å². The largest absolute Gasteiger partial charge is 0.342 e. The van der Waals surface area contributed by atoms with Crippen LogP contribution in [-0.4, -0.2) is 22.7 Å². The summed E-state index contributed by atoms with van der Waals surface area (Å²) >= 11 is 0. The fourth-order valence-electron chi connectivity index (χ4n) is 2.03. The van der Waals surface area contributed by atoms with Crippen LogP contribution >= 0.6 is 0 Å². The predicted octanol–water partition coefficient (Wildman–Crippen LogP) is 1.74. The third-order valence-electron chi connectivity index (χ3n) is 3.12. The molecule has 0 spiro atoms. The minimum Gasteiger partial charge on any atom is -0.342 e. The molecule has 1 aromatic carbocycles. The molecule has 3 amide bonds. The van der Waals surface area contributed by atoms with Crippen molar-refractivity contribution < 1.29 is 18.8 Å². The van der Waals surface area contributed by atoms with Crippen molar-refractivity contribution in [1.82, 2.24) is 10.3 Å². The number of hydrogen-bond donors (Lipinski definition) is 3. The monoisotopic (exact) mass is 344 g/mol. The quantitative estimate of drug-likeness (QED) is 0.736. The van der Waals surface area contributed by atoms with Crippen molar-refractivity contribution in [2.45, 2.75) is 20.4 Å². The number of nitrogens with one attached hydrogen (secondary N) is 3. The standard InChI is InChI=1S/C17H17FN4O3/c1-10-4-3-5-13(20-10)9-19-16(24)17(25)22-15-8-12(21-11(2)23)6-7-14(15)18/h3-8H,9H2,1-2H3,(H,19,24)(H,21,23)(H,22,25). The normalized spacial score (nSPS) is 10.0. The molecule has 0 atom stereocenters. The Hall–Kier alpha value is -3.29. The van der Waals surface area contributed by atoms with Gasteiger partial charge in [0.15, 0.2) is 0 Å². The molecule has 0 saturated carbocycles. The van der Waals surface area contributed by atoms with Gasteiger partial charge in [-0.25, -0.2) is 4.39 Å². The van der Waals surface area contributed by atoms with E-state index in [0.29, 0.717) is 11.4 Å². The average Bonchev–Trinajstić information content (AvgIpc) is 2.55. The van der Waals surface area contributed by atoms with Crippen molar-refractivity contribution in [2.24, 2.45) is 0 Å². The van der Waals surface area contributed by atoms with Crippen LogP contribution in [0.1, 0.15) is 18.3 Å². The highest BCUT2D eigenvalue weighted by Crippen LogP contribution is 2.19. The minimum absolute atomic E-state index is 0.0718. The lowest BCUT2D eigenvalue weighted by Crippen LogP contribution is -2.35. The molecule has 130 valence electrons. The molecule has 0 unspecified atom stereocenters. The van der Waals surface area contributed by atoms with Crippen LogP contribution in [0.3, 0.4) is 0 Å². The summed E-state index contributed by atoms with van der Waals surface area (Å²) in [6.07, 6.45) is 0. The first-order valence-electron chi connectivity index (χ1n) is 7.44. The van der Waals surface area contributed by atoms with Crippen LogP contribution < -0.4 is 16.0 Å². The number of aromatic nitrogens is 1. The first-order chi connectivity index (χ1) is 11.8. The summed E-state index contributed by atoms with van der Waals surface area (Å²) in [6, 6.07) is 8.95. The van der Waals surface area contributed by atoms with E-state index in [1.807, 2.05) is 13.0 Å². The van der Waals surface area contributed by atoms with E-state index in [1.54, 1.807) is 12.1 Å². The van der Waals surface area contributed by atoms with Crippen LogP contribution in [-0.2, 0) is 20.9 Å². The minimum atomic E-state index is -1.02. The summed E-state index contributed by atoms with van der Waals surface area (Å²) in [5, 5.41) is 7.04. The van der Waals surface area contributed by atoms with Gasteiger partial charge < -0.3 is 16.0 Å². The zero-order valence-electron chi connectivity index (χ0n) is 13.7. The maximum atomic E-state index is 13.8. The van der Waals surface area contributed by atoms with Crippen molar-refractivity contribution in [3.05, 3.63) is 53.6 Å². The van der Waals surface area contributed by atoms with Crippen LogP contribution in [0.4, 0.5) is 15.8 Å². The molecule has 25 heavy (non-hydrogen) atoms. The molecule has 2 aromatic rings. The smallest absolute Gasteiger partial charge is 0.313 e. The Bertz CT molecular complexity index is 823. The van der Waals surface area contributed by atoms with E-state index in [-0.39, 0.29) is 18.1 Å². The Balaban J connectivity index is 1.98. The molecular weight excluding hydrogens is 327 g/mol. The highest BCUT2D eigenvalue weighted by Gasteiger charge is 2.16. The van der Waals surface area contributed by atoms with Gasteiger partial charge in [-0.2, -0.15) is 0 Å². The Morgan fingerprint density at radius 3 is 2.52 bits per heavy atom. The van der Waals surface area contributed by atoms with Crippen molar-refractivity contribution in [3.63, 3.8) is 0 Å². The van der Waals surface area contributed by atoms with Gasteiger partial charge >= 0.3 is 11.8 Å². The topological polar surface area (TPSA) is 100 Å². The van der Waals surface area contributed by atoms with Gasteiger partial charge in [0.25, 0.3) is 0 Å². The first kappa shape index (κ1) is 18.1. The molecule has 8 heteroatoms. The third kappa shape index (κ3) is 5.38. The Kier molecular flexibility index (Phi) is 5.78. The first-order valence-corrected chi connectivity index (χ1v) is 7.44. The fraction of sp³-hybridized carbons (Fsp3) is 0.176. The van der Waals surface area contributed by atoms with Crippen molar-refractivity contribution in [3.8, 4) is 0 Å².